The molecule has 1 amide bonds. The predicted octanol–water partition coefficient (Wildman–Crippen LogP) is 5.80. The lowest BCUT2D eigenvalue weighted by molar-refractivity contribution is -0.116. The summed E-state index contributed by atoms with van der Waals surface area (Å²) in [4.78, 5) is 17.7. The van der Waals surface area contributed by atoms with Gasteiger partial charge in [-0.05, 0) is 50.2 Å². The molecule has 2 aromatic carbocycles. The smallest absolute Gasteiger partial charge is 0.228 e. The van der Waals surface area contributed by atoms with E-state index in [0.29, 0.717) is 23.3 Å². The van der Waals surface area contributed by atoms with Crippen molar-refractivity contribution in [2.75, 3.05) is 5.32 Å². The number of aromatic nitrogens is 5. The van der Waals surface area contributed by atoms with Crippen molar-refractivity contribution in [1.29, 1.82) is 0 Å². The van der Waals surface area contributed by atoms with Crippen LogP contribution in [0, 0.1) is 11.7 Å². The van der Waals surface area contributed by atoms with Gasteiger partial charge in [-0.15, -0.1) is 0 Å². The summed E-state index contributed by atoms with van der Waals surface area (Å²) in [6, 6.07) is 16.6. The van der Waals surface area contributed by atoms with Crippen LogP contribution < -0.4 is 5.32 Å². The van der Waals surface area contributed by atoms with Gasteiger partial charge in [-0.1, -0.05) is 55.2 Å². The molecule has 0 aliphatic heterocycles. The first-order valence-electron chi connectivity index (χ1n) is 11.6. The highest BCUT2D eigenvalue weighted by Gasteiger charge is 2.22. The highest BCUT2D eigenvalue weighted by atomic mass is 32.1. The molecule has 170 valence electrons. The molecule has 1 fully saturated rings. The Balaban J connectivity index is 1.36. The number of carbonyl (C=O) groups excluding carboxylic acids is 1. The number of nitrogens with one attached hydrogen (secondary N) is 2. The standard InChI is InChI=1S/C25H28N6OS/c1-17-8-7-9-18(16-17)23-28-29-25(33)30(23)15-14-22(32)27-24-26-20-12-5-6-13-21(20)31(24)19-10-3-2-4-11-19/h5-9,12-13,16,19H,2-4,10-11,14-15H2,1H3,(H,29,33)(H,26,27,32). The van der Waals surface area contributed by atoms with E-state index in [0.717, 1.165) is 40.8 Å². The topological polar surface area (TPSA) is 80.5 Å². The van der Waals surface area contributed by atoms with Gasteiger partial charge >= 0.3 is 0 Å². The van der Waals surface area contributed by atoms with E-state index in [2.05, 4.69) is 32.2 Å². The maximum atomic E-state index is 13.0. The van der Waals surface area contributed by atoms with Crippen LogP contribution in [0.2, 0.25) is 0 Å². The minimum absolute atomic E-state index is 0.0827. The second kappa shape index (κ2) is 9.31. The van der Waals surface area contributed by atoms with Gasteiger partial charge in [-0.25, -0.2) is 4.98 Å². The zero-order valence-corrected chi connectivity index (χ0v) is 19.6. The monoisotopic (exact) mass is 460 g/mol. The quantitative estimate of drug-likeness (QED) is 0.356. The Labute approximate surface area is 197 Å². The first kappa shape index (κ1) is 21.6. The summed E-state index contributed by atoms with van der Waals surface area (Å²) in [6.45, 7) is 2.48. The molecule has 0 saturated heterocycles. The second-order valence-electron chi connectivity index (χ2n) is 8.76. The third-order valence-corrected chi connectivity index (χ3v) is 6.70. The van der Waals surface area contributed by atoms with Crippen molar-refractivity contribution in [2.45, 2.75) is 58.0 Å². The minimum Gasteiger partial charge on any atom is -0.307 e. The highest BCUT2D eigenvalue weighted by molar-refractivity contribution is 7.71. The molecule has 1 aliphatic carbocycles. The molecule has 1 aliphatic rings. The highest BCUT2D eigenvalue weighted by Crippen LogP contribution is 2.34. The molecule has 4 aromatic rings. The fourth-order valence-electron chi connectivity index (χ4n) is 4.77. The fraction of sp³-hybridized carbons (Fsp3) is 0.360. The number of benzene rings is 2. The number of H-pyrrole nitrogens is 1. The van der Waals surface area contributed by atoms with Crippen molar-refractivity contribution in [1.82, 2.24) is 24.3 Å². The summed E-state index contributed by atoms with van der Waals surface area (Å²) in [5.74, 6) is 1.30. The van der Waals surface area contributed by atoms with Crippen LogP contribution in [0.15, 0.2) is 48.5 Å². The Morgan fingerprint density at radius 3 is 2.79 bits per heavy atom. The van der Waals surface area contributed by atoms with Gasteiger partial charge in [0.15, 0.2) is 10.6 Å². The number of hydrogen-bond donors (Lipinski definition) is 2. The van der Waals surface area contributed by atoms with Gasteiger partial charge < -0.3 is 4.57 Å². The number of para-hydroxylation sites is 2. The average molecular weight is 461 g/mol. The number of fused-ring (bicyclic) bond motifs is 1. The average Bonchev–Trinajstić information content (AvgIpc) is 3.38. The molecule has 0 atom stereocenters. The van der Waals surface area contributed by atoms with Crippen LogP contribution in [0.4, 0.5) is 5.95 Å². The van der Waals surface area contributed by atoms with Crippen molar-refractivity contribution in [3.05, 3.63) is 58.9 Å². The lowest BCUT2D eigenvalue weighted by Crippen LogP contribution is -2.21. The molecular weight excluding hydrogens is 432 g/mol. The van der Waals surface area contributed by atoms with E-state index >= 15 is 0 Å². The minimum atomic E-state index is -0.0827. The Morgan fingerprint density at radius 2 is 1.97 bits per heavy atom. The predicted molar refractivity (Wildman–Crippen MR) is 133 cm³/mol. The molecule has 5 rings (SSSR count). The van der Waals surface area contributed by atoms with Gasteiger partial charge in [-0.2, -0.15) is 5.10 Å². The van der Waals surface area contributed by atoms with E-state index in [4.69, 9.17) is 17.2 Å². The lowest BCUT2D eigenvalue weighted by atomic mass is 9.95. The number of nitrogens with zero attached hydrogens (tertiary/aromatic N) is 4. The maximum absolute atomic E-state index is 13.0. The molecule has 1 saturated carbocycles. The zero-order valence-electron chi connectivity index (χ0n) is 18.8. The normalized spacial score (nSPS) is 14.6. The van der Waals surface area contributed by atoms with E-state index in [-0.39, 0.29) is 12.3 Å². The SMILES string of the molecule is Cc1cccc(-c2n[nH]c(=S)n2CCC(=O)Nc2nc3ccccc3n2C2CCCCC2)c1. The van der Waals surface area contributed by atoms with Crippen LogP contribution in [-0.4, -0.2) is 30.2 Å². The van der Waals surface area contributed by atoms with Crippen molar-refractivity contribution in [2.24, 2.45) is 0 Å². The molecule has 2 aromatic heterocycles. The van der Waals surface area contributed by atoms with E-state index in [9.17, 15) is 4.79 Å². The van der Waals surface area contributed by atoms with E-state index in [1.807, 2.05) is 47.9 Å². The summed E-state index contributed by atoms with van der Waals surface area (Å²) in [5, 5.41) is 10.3. The van der Waals surface area contributed by atoms with E-state index in [1.165, 1.54) is 19.3 Å². The number of rotatable bonds is 6. The zero-order chi connectivity index (χ0) is 22.8. The summed E-state index contributed by atoms with van der Waals surface area (Å²) >= 11 is 5.43. The summed E-state index contributed by atoms with van der Waals surface area (Å²) in [5.41, 5.74) is 4.12. The van der Waals surface area contributed by atoms with Crippen LogP contribution in [0.5, 0.6) is 0 Å². The van der Waals surface area contributed by atoms with Crippen LogP contribution >= 0.6 is 12.2 Å². The van der Waals surface area contributed by atoms with Gasteiger partial charge in [-0.3, -0.25) is 19.8 Å². The number of hydrogen-bond acceptors (Lipinski definition) is 4. The van der Waals surface area contributed by atoms with Crippen LogP contribution in [0.25, 0.3) is 22.4 Å². The molecule has 0 unspecified atom stereocenters. The molecular formula is C25H28N6OS. The van der Waals surface area contributed by atoms with E-state index in [1.54, 1.807) is 0 Å². The second-order valence-corrected chi connectivity index (χ2v) is 9.14. The molecule has 0 bridgehead atoms. The summed E-state index contributed by atoms with van der Waals surface area (Å²) < 4.78 is 4.62. The van der Waals surface area contributed by atoms with Gasteiger partial charge in [0, 0.05) is 24.6 Å². The molecule has 0 spiro atoms. The van der Waals surface area contributed by atoms with Gasteiger partial charge in [0.2, 0.25) is 11.9 Å². The summed E-state index contributed by atoms with van der Waals surface area (Å²) in [7, 11) is 0. The Kier molecular flexibility index (Phi) is 6.09. The van der Waals surface area contributed by atoms with Gasteiger partial charge in [0.05, 0.1) is 11.0 Å². The van der Waals surface area contributed by atoms with Crippen molar-refractivity contribution in [3.63, 3.8) is 0 Å². The molecule has 2 heterocycles. The fourth-order valence-corrected chi connectivity index (χ4v) is 5.00. The van der Waals surface area contributed by atoms with Crippen molar-refractivity contribution >= 4 is 35.1 Å². The Hall–Kier alpha value is -3.26. The molecule has 2 N–H and O–H groups in total. The van der Waals surface area contributed by atoms with E-state index < -0.39 is 0 Å². The Morgan fingerprint density at radius 1 is 1.15 bits per heavy atom. The maximum Gasteiger partial charge on any atom is 0.228 e. The summed E-state index contributed by atoms with van der Waals surface area (Å²) in [6.07, 6.45) is 6.22. The number of aromatic amines is 1. The van der Waals surface area contributed by atoms with Crippen LogP contribution in [0.1, 0.15) is 50.1 Å². The lowest BCUT2D eigenvalue weighted by Gasteiger charge is -2.25. The third-order valence-electron chi connectivity index (χ3n) is 6.38. The number of imidazole rings is 1. The number of aryl methyl sites for hydroxylation is 1. The third kappa shape index (κ3) is 4.48. The molecule has 0 radical (unpaired) electrons. The largest absolute Gasteiger partial charge is 0.307 e. The van der Waals surface area contributed by atoms with Crippen molar-refractivity contribution < 1.29 is 4.79 Å². The molecule has 33 heavy (non-hydrogen) atoms. The number of carbonyl (C=O) groups is 1. The van der Waals surface area contributed by atoms with Gasteiger partial charge in [0.1, 0.15) is 0 Å². The number of amides is 1. The first-order chi connectivity index (χ1) is 16.1. The van der Waals surface area contributed by atoms with Crippen LogP contribution in [-0.2, 0) is 11.3 Å². The molecule has 8 heteroatoms. The van der Waals surface area contributed by atoms with Gasteiger partial charge in [0.25, 0.3) is 0 Å². The first-order valence-corrected chi connectivity index (χ1v) is 12.0. The van der Waals surface area contributed by atoms with Crippen molar-refractivity contribution in [3.8, 4) is 11.4 Å². The molecule has 7 nitrogen and oxygen atoms in total. The van der Waals surface area contributed by atoms with Crippen LogP contribution in [0.3, 0.4) is 0 Å². The number of anilines is 1. The Bertz CT molecular complexity index is 1340.